The molecule has 0 amide bonds. The molecular weight excluding hydrogens is 433 g/mol. The molecule has 0 spiro atoms. The van der Waals surface area contributed by atoms with E-state index in [-0.39, 0.29) is 17.4 Å². The lowest BCUT2D eigenvalue weighted by atomic mass is 10.0. The number of aryl methyl sites for hydroxylation is 1. The molecule has 0 radical (unpaired) electrons. The van der Waals surface area contributed by atoms with Crippen molar-refractivity contribution in [3.63, 3.8) is 0 Å². The Bertz CT molecular complexity index is 1540. The third kappa shape index (κ3) is 3.41. The number of aromatic amines is 1. The molecule has 1 fully saturated rings. The van der Waals surface area contributed by atoms with E-state index in [1.54, 1.807) is 26.4 Å². The first-order valence-corrected chi connectivity index (χ1v) is 11.0. The number of hydrogen-bond donors (Lipinski definition) is 3. The van der Waals surface area contributed by atoms with Gasteiger partial charge in [-0.15, -0.1) is 0 Å². The first kappa shape index (κ1) is 20.5. The van der Waals surface area contributed by atoms with Gasteiger partial charge in [-0.05, 0) is 37.5 Å². The van der Waals surface area contributed by atoms with Crippen molar-refractivity contribution >= 4 is 27.6 Å². The van der Waals surface area contributed by atoms with E-state index in [1.165, 1.54) is 12.1 Å². The van der Waals surface area contributed by atoms with Gasteiger partial charge in [-0.3, -0.25) is 0 Å². The monoisotopic (exact) mass is 455 g/mol. The molecule has 4 N–H and O–H groups in total. The third-order valence-electron chi connectivity index (χ3n) is 6.26. The van der Waals surface area contributed by atoms with Gasteiger partial charge in [-0.25, -0.2) is 14.4 Å². The summed E-state index contributed by atoms with van der Waals surface area (Å²) in [5.41, 5.74) is 10.6. The second-order valence-electron chi connectivity index (χ2n) is 8.63. The standard InChI is InChI=1S/C25H22FN7O/c1-13-29-11-17(12-30-13)34-24-32-21(14-3-5-15(6-4-14)25(27)7-8-25)20-18-9-16(26)10-19(28-2)22(18)31-23(20)33-24/h3-6,9-12,28H,7-8,27H2,1-2H3,(H,31,32,33). The fourth-order valence-corrected chi connectivity index (χ4v) is 4.22. The second kappa shape index (κ2) is 7.46. The molecule has 1 saturated carbocycles. The van der Waals surface area contributed by atoms with Crippen LogP contribution in [0.1, 0.15) is 24.2 Å². The molecule has 6 rings (SSSR count). The van der Waals surface area contributed by atoms with Crippen LogP contribution in [0.15, 0.2) is 48.8 Å². The van der Waals surface area contributed by atoms with Crippen molar-refractivity contribution < 1.29 is 9.13 Å². The largest absolute Gasteiger partial charge is 0.421 e. The van der Waals surface area contributed by atoms with Crippen molar-refractivity contribution in [3.05, 3.63) is 66.0 Å². The van der Waals surface area contributed by atoms with Gasteiger partial charge in [0.15, 0.2) is 5.75 Å². The van der Waals surface area contributed by atoms with Gasteiger partial charge in [0.1, 0.15) is 17.3 Å². The summed E-state index contributed by atoms with van der Waals surface area (Å²) in [5.74, 6) is 0.702. The minimum atomic E-state index is -0.352. The first-order valence-electron chi connectivity index (χ1n) is 11.0. The van der Waals surface area contributed by atoms with Crippen LogP contribution in [0.25, 0.3) is 33.2 Å². The summed E-state index contributed by atoms with van der Waals surface area (Å²) in [6, 6.07) is 11.1. The van der Waals surface area contributed by atoms with Crippen molar-refractivity contribution in [2.24, 2.45) is 5.73 Å². The van der Waals surface area contributed by atoms with Crippen LogP contribution in [0, 0.1) is 12.7 Å². The lowest BCUT2D eigenvalue weighted by Crippen LogP contribution is -2.18. The smallest absolute Gasteiger partial charge is 0.324 e. The van der Waals surface area contributed by atoms with Gasteiger partial charge < -0.3 is 20.8 Å². The molecule has 8 nitrogen and oxygen atoms in total. The molecule has 2 aromatic carbocycles. The van der Waals surface area contributed by atoms with Crippen LogP contribution in [0.2, 0.25) is 0 Å². The molecule has 3 aromatic heterocycles. The summed E-state index contributed by atoms with van der Waals surface area (Å²) >= 11 is 0. The Morgan fingerprint density at radius 3 is 2.50 bits per heavy atom. The van der Waals surface area contributed by atoms with Crippen LogP contribution >= 0.6 is 0 Å². The van der Waals surface area contributed by atoms with Gasteiger partial charge in [-0.2, -0.15) is 9.97 Å². The van der Waals surface area contributed by atoms with E-state index >= 15 is 0 Å². The number of benzene rings is 2. The van der Waals surface area contributed by atoms with Crippen molar-refractivity contribution in [1.82, 2.24) is 24.9 Å². The fourth-order valence-electron chi connectivity index (χ4n) is 4.22. The number of nitrogens with two attached hydrogens (primary N) is 1. The minimum Gasteiger partial charge on any atom is -0.421 e. The molecular formula is C25H22FN7O. The van der Waals surface area contributed by atoms with Crippen molar-refractivity contribution in [2.75, 3.05) is 12.4 Å². The predicted octanol–water partition coefficient (Wildman–Crippen LogP) is 4.80. The highest BCUT2D eigenvalue weighted by molar-refractivity contribution is 6.15. The lowest BCUT2D eigenvalue weighted by Gasteiger charge is -2.11. The van der Waals surface area contributed by atoms with Crippen LogP contribution in [0.4, 0.5) is 10.1 Å². The molecule has 0 aliphatic heterocycles. The number of nitrogens with one attached hydrogen (secondary N) is 2. The molecule has 1 aliphatic rings. The van der Waals surface area contributed by atoms with Gasteiger partial charge in [-0.1, -0.05) is 24.3 Å². The maximum absolute atomic E-state index is 14.5. The van der Waals surface area contributed by atoms with Crippen molar-refractivity contribution in [2.45, 2.75) is 25.3 Å². The van der Waals surface area contributed by atoms with E-state index in [0.29, 0.717) is 39.4 Å². The van der Waals surface area contributed by atoms with E-state index in [2.05, 4.69) is 25.3 Å². The Labute approximate surface area is 194 Å². The van der Waals surface area contributed by atoms with Crippen LogP contribution < -0.4 is 15.8 Å². The van der Waals surface area contributed by atoms with E-state index in [9.17, 15) is 4.39 Å². The van der Waals surface area contributed by atoms with Crippen molar-refractivity contribution in [3.8, 4) is 23.0 Å². The average Bonchev–Trinajstić information content (AvgIpc) is 3.49. The summed E-state index contributed by atoms with van der Waals surface area (Å²) in [6.07, 6.45) is 5.10. The molecule has 0 saturated heterocycles. The molecule has 0 bridgehead atoms. The Balaban J connectivity index is 1.56. The Kier molecular flexibility index (Phi) is 4.50. The zero-order chi connectivity index (χ0) is 23.4. The average molecular weight is 455 g/mol. The van der Waals surface area contributed by atoms with E-state index in [4.69, 9.17) is 15.5 Å². The lowest BCUT2D eigenvalue weighted by molar-refractivity contribution is 0.440. The summed E-state index contributed by atoms with van der Waals surface area (Å²) in [4.78, 5) is 20.9. The molecule has 0 unspecified atom stereocenters. The van der Waals surface area contributed by atoms with E-state index in [1.807, 2.05) is 24.3 Å². The molecule has 0 atom stereocenters. The van der Waals surface area contributed by atoms with Crippen LogP contribution in [-0.2, 0) is 5.54 Å². The van der Waals surface area contributed by atoms with Gasteiger partial charge in [0.25, 0.3) is 0 Å². The number of anilines is 1. The first-order chi connectivity index (χ1) is 16.4. The summed E-state index contributed by atoms with van der Waals surface area (Å²) < 4.78 is 20.4. The number of hydrogen-bond acceptors (Lipinski definition) is 7. The van der Waals surface area contributed by atoms with E-state index < -0.39 is 0 Å². The number of ether oxygens (including phenoxy) is 1. The molecule has 9 heteroatoms. The number of fused-ring (bicyclic) bond motifs is 3. The Hall–Kier alpha value is -4.11. The molecule has 5 aromatic rings. The summed E-state index contributed by atoms with van der Waals surface area (Å²) in [7, 11) is 1.75. The minimum absolute atomic E-state index is 0.134. The highest BCUT2D eigenvalue weighted by Gasteiger charge is 2.39. The number of H-pyrrole nitrogens is 1. The summed E-state index contributed by atoms with van der Waals surface area (Å²) in [6.45, 7) is 1.80. The predicted molar refractivity (Wildman–Crippen MR) is 128 cm³/mol. The number of halogens is 1. The molecule has 3 heterocycles. The van der Waals surface area contributed by atoms with Crippen LogP contribution in [0.3, 0.4) is 0 Å². The van der Waals surface area contributed by atoms with Crippen LogP contribution in [-0.4, -0.2) is 32.0 Å². The Morgan fingerprint density at radius 2 is 1.82 bits per heavy atom. The van der Waals surface area contributed by atoms with Gasteiger partial charge in [0.2, 0.25) is 0 Å². The maximum Gasteiger partial charge on any atom is 0.324 e. The topological polar surface area (TPSA) is 115 Å². The Morgan fingerprint density at radius 1 is 1.09 bits per heavy atom. The maximum atomic E-state index is 14.5. The zero-order valence-corrected chi connectivity index (χ0v) is 18.7. The van der Waals surface area contributed by atoms with Gasteiger partial charge in [0.05, 0.1) is 34.7 Å². The quantitative estimate of drug-likeness (QED) is 0.349. The number of rotatable bonds is 5. The fraction of sp³-hybridized carbons (Fsp3) is 0.200. The van der Waals surface area contributed by atoms with Crippen LogP contribution in [0.5, 0.6) is 11.8 Å². The normalized spacial score (nSPS) is 14.5. The summed E-state index contributed by atoms with van der Waals surface area (Å²) in [5, 5.41) is 4.43. The highest BCUT2D eigenvalue weighted by Crippen LogP contribution is 2.43. The van der Waals surface area contributed by atoms with Crippen molar-refractivity contribution in [1.29, 1.82) is 0 Å². The SMILES string of the molecule is CNc1cc(F)cc2c1[nH]c1nc(Oc3cnc(C)nc3)nc(-c3ccc(C4(N)CC4)cc3)c12. The zero-order valence-electron chi connectivity index (χ0n) is 18.7. The second-order valence-corrected chi connectivity index (χ2v) is 8.63. The van der Waals surface area contributed by atoms with Gasteiger partial charge in [0, 0.05) is 23.5 Å². The molecule has 34 heavy (non-hydrogen) atoms. The molecule has 170 valence electrons. The number of nitrogens with zero attached hydrogens (tertiary/aromatic N) is 4. The number of aromatic nitrogens is 5. The van der Waals surface area contributed by atoms with Gasteiger partial charge >= 0.3 is 6.01 Å². The van der Waals surface area contributed by atoms with E-state index in [0.717, 1.165) is 29.5 Å². The molecule has 1 aliphatic carbocycles. The highest BCUT2D eigenvalue weighted by atomic mass is 19.1. The third-order valence-corrected chi connectivity index (χ3v) is 6.26.